The molecular weight excluding hydrogens is 281 g/mol. The second-order valence-electron chi connectivity index (χ2n) is 3.27. The van der Waals surface area contributed by atoms with Gasteiger partial charge in [-0.2, -0.15) is 21.6 Å². The Morgan fingerprint density at radius 3 is 2.41 bits per heavy atom. The lowest BCUT2D eigenvalue weighted by atomic mass is 10.2. The maximum atomic E-state index is 11.8. The van der Waals surface area contributed by atoms with Crippen LogP contribution in [-0.2, 0) is 14.3 Å². The fourth-order valence-corrected chi connectivity index (χ4v) is 2.48. The predicted octanol–water partition coefficient (Wildman–Crippen LogP) is 2.92. The summed E-state index contributed by atoms with van der Waals surface area (Å²) in [4.78, 5) is -0.478. The van der Waals surface area contributed by atoms with Gasteiger partial charge >= 0.3 is 6.18 Å². The van der Waals surface area contributed by atoms with Crippen LogP contribution in [0.1, 0.15) is 5.56 Å². The van der Waals surface area contributed by atoms with Gasteiger partial charge in [-0.25, -0.2) is 0 Å². The van der Waals surface area contributed by atoms with Crippen LogP contribution in [0.3, 0.4) is 0 Å². The number of aryl methyl sites for hydroxylation is 1. The van der Waals surface area contributed by atoms with Gasteiger partial charge < -0.3 is 0 Å². The molecule has 0 saturated heterocycles. The van der Waals surface area contributed by atoms with E-state index in [0.29, 0.717) is 5.56 Å². The van der Waals surface area contributed by atoms with Crippen LogP contribution in [0.25, 0.3) is 0 Å². The van der Waals surface area contributed by atoms with Crippen molar-refractivity contribution in [3.63, 3.8) is 0 Å². The van der Waals surface area contributed by atoms with Crippen LogP contribution >= 0.6 is 11.6 Å². The molecule has 0 spiro atoms. The minimum Gasteiger partial charge on any atom is -0.257 e. The molecule has 0 aromatic heterocycles. The van der Waals surface area contributed by atoms with E-state index in [1.807, 2.05) is 0 Å². The third kappa shape index (κ3) is 4.18. The van der Waals surface area contributed by atoms with E-state index in [1.165, 1.54) is 12.1 Å². The lowest BCUT2D eigenvalue weighted by molar-refractivity contribution is -0.152. The zero-order valence-electron chi connectivity index (χ0n) is 8.58. The van der Waals surface area contributed by atoms with E-state index < -0.39 is 27.8 Å². The average Bonchev–Trinajstić information content (AvgIpc) is 2.13. The Labute approximate surface area is 101 Å². The van der Waals surface area contributed by atoms with E-state index in [4.69, 9.17) is 11.6 Å². The summed E-state index contributed by atoms with van der Waals surface area (Å²) >= 11 is 5.62. The summed E-state index contributed by atoms with van der Waals surface area (Å²) in [7, 11) is -4.49. The monoisotopic (exact) mass is 288 g/mol. The number of hydrogen-bond donors (Lipinski definition) is 0. The van der Waals surface area contributed by atoms with Crippen LogP contribution in [-0.4, -0.2) is 21.2 Å². The van der Waals surface area contributed by atoms with Crippen LogP contribution < -0.4 is 0 Å². The SMILES string of the molecule is Cc1ccc(S(=O)(=O)OCC(F)(F)F)c(Cl)c1. The summed E-state index contributed by atoms with van der Waals surface area (Å²) < 4.78 is 62.2. The van der Waals surface area contributed by atoms with E-state index in [2.05, 4.69) is 4.18 Å². The van der Waals surface area contributed by atoms with Gasteiger partial charge in [-0.3, -0.25) is 4.18 Å². The number of rotatable bonds is 3. The van der Waals surface area contributed by atoms with Gasteiger partial charge in [0.25, 0.3) is 10.1 Å². The van der Waals surface area contributed by atoms with Crippen LogP contribution in [0, 0.1) is 6.92 Å². The first-order valence-corrected chi connectivity index (χ1v) is 6.13. The lowest BCUT2D eigenvalue weighted by Crippen LogP contribution is -2.20. The van der Waals surface area contributed by atoms with Crippen molar-refractivity contribution in [2.24, 2.45) is 0 Å². The minimum atomic E-state index is -4.72. The van der Waals surface area contributed by atoms with Crippen LogP contribution in [0.4, 0.5) is 13.2 Å². The summed E-state index contributed by atoms with van der Waals surface area (Å²) in [6.07, 6.45) is -4.72. The molecular formula is C9H8ClF3O3S. The molecule has 1 aromatic carbocycles. The zero-order valence-corrected chi connectivity index (χ0v) is 10.2. The van der Waals surface area contributed by atoms with Crippen molar-refractivity contribution < 1.29 is 25.8 Å². The smallest absolute Gasteiger partial charge is 0.257 e. The fraction of sp³-hybridized carbons (Fsp3) is 0.333. The van der Waals surface area contributed by atoms with Crippen molar-refractivity contribution in [3.05, 3.63) is 28.8 Å². The van der Waals surface area contributed by atoms with Crippen LogP contribution in [0.15, 0.2) is 23.1 Å². The Kier molecular flexibility index (Phi) is 4.06. The molecule has 0 fully saturated rings. The molecule has 8 heteroatoms. The van der Waals surface area contributed by atoms with Gasteiger partial charge in [0.15, 0.2) is 6.61 Å². The first-order chi connectivity index (χ1) is 7.62. The molecule has 0 radical (unpaired) electrons. The van der Waals surface area contributed by atoms with Crippen molar-refractivity contribution >= 4 is 21.7 Å². The van der Waals surface area contributed by atoms with Gasteiger partial charge in [0.1, 0.15) is 4.90 Å². The Morgan fingerprint density at radius 2 is 1.94 bits per heavy atom. The highest BCUT2D eigenvalue weighted by molar-refractivity contribution is 7.86. The zero-order chi connectivity index (χ0) is 13.3. The second kappa shape index (κ2) is 4.83. The maximum absolute atomic E-state index is 11.8. The molecule has 0 aliphatic heterocycles. The van der Waals surface area contributed by atoms with Gasteiger partial charge in [-0.15, -0.1) is 0 Å². The Morgan fingerprint density at radius 1 is 1.35 bits per heavy atom. The van der Waals surface area contributed by atoms with Gasteiger partial charge in [0.05, 0.1) is 5.02 Å². The molecule has 0 amide bonds. The summed E-state index contributed by atoms with van der Waals surface area (Å²) in [5.41, 5.74) is 0.685. The van der Waals surface area contributed by atoms with Crippen molar-refractivity contribution in [1.82, 2.24) is 0 Å². The maximum Gasteiger partial charge on any atom is 0.413 e. The molecule has 0 N–H and O–H groups in total. The number of alkyl halides is 3. The standard InChI is InChI=1S/C9H8ClF3O3S/c1-6-2-3-8(7(10)4-6)17(14,15)16-5-9(11,12)13/h2-4H,5H2,1H3. The molecule has 1 rings (SSSR count). The van der Waals surface area contributed by atoms with Crippen molar-refractivity contribution in [2.45, 2.75) is 18.0 Å². The molecule has 0 heterocycles. The molecule has 0 saturated carbocycles. The van der Waals surface area contributed by atoms with Crippen molar-refractivity contribution in [2.75, 3.05) is 6.61 Å². The molecule has 1 aromatic rings. The molecule has 0 unspecified atom stereocenters. The van der Waals surface area contributed by atoms with E-state index in [-0.39, 0.29) is 5.02 Å². The molecule has 0 aliphatic rings. The van der Waals surface area contributed by atoms with E-state index in [0.717, 1.165) is 6.07 Å². The predicted molar refractivity (Wildman–Crippen MR) is 55.4 cm³/mol. The quantitative estimate of drug-likeness (QED) is 0.803. The first-order valence-electron chi connectivity index (χ1n) is 4.34. The second-order valence-corrected chi connectivity index (χ2v) is 5.26. The molecule has 0 bridgehead atoms. The Hall–Kier alpha value is -0.790. The van der Waals surface area contributed by atoms with Gasteiger partial charge in [0.2, 0.25) is 0 Å². The third-order valence-electron chi connectivity index (χ3n) is 1.73. The van der Waals surface area contributed by atoms with Crippen molar-refractivity contribution in [3.8, 4) is 0 Å². The van der Waals surface area contributed by atoms with E-state index >= 15 is 0 Å². The number of halogens is 4. The summed E-state index contributed by atoms with van der Waals surface area (Å²) in [6, 6.07) is 3.84. The average molecular weight is 289 g/mol. The Balaban J connectivity index is 2.98. The molecule has 17 heavy (non-hydrogen) atoms. The van der Waals surface area contributed by atoms with Gasteiger partial charge in [0, 0.05) is 0 Å². The number of hydrogen-bond acceptors (Lipinski definition) is 3. The van der Waals surface area contributed by atoms with Gasteiger partial charge in [-0.1, -0.05) is 17.7 Å². The molecule has 96 valence electrons. The van der Waals surface area contributed by atoms with E-state index in [9.17, 15) is 21.6 Å². The van der Waals surface area contributed by atoms with Gasteiger partial charge in [-0.05, 0) is 24.6 Å². The lowest BCUT2D eigenvalue weighted by Gasteiger charge is -2.09. The van der Waals surface area contributed by atoms with E-state index in [1.54, 1.807) is 6.92 Å². The highest BCUT2D eigenvalue weighted by Crippen LogP contribution is 2.25. The molecule has 0 atom stereocenters. The summed E-state index contributed by atoms with van der Waals surface area (Å²) in [5, 5.41) is -0.174. The first kappa shape index (κ1) is 14.3. The topological polar surface area (TPSA) is 43.4 Å². The fourth-order valence-electron chi connectivity index (χ4n) is 1.02. The highest BCUT2D eigenvalue weighted by atomic mass is 35.5. The molecule has 0 aliphatic carbocycles. The molecule has 3 nitrogen and oxygen atoms in total. The summed E-state index contributed by atoms with van der Waals surface area (Å²) in [6.45, 7) is -0.210. The largest absolute Gasteiger partial charge is 0.413 e. The normalized spacial score (nSPS) is 12.8. The number of benzene rings is 1. The van der Waals surface area contributed by atoms with Crippen molar-refractivity contribution in [1.29, 1.82) is 0 Å². The van der Waals surface area contributed by atoms with Crippen LogP contribution in [0.5, 0.6) is 0 Å². The Bertz CT molecular complexity index is 511. The minimum absolute atomic E-state index is 0.174. The van der Waals surface area contributed by atoms with Crippen LogP contribution in [0.2, 0.25) is 5.02 Å². The third-order valence-corrected chi connectivity index (χ3v) is 3.48. The highest BCUT2D eigenvalue weighted by Gasteiger charge is 2.32. The summed E-state index contributed by atoms with van der Waals surface area (Å²) in [5.74, 6) is 0.